The van der Waals surface area contributed by atoms with Gasteiger partial charge in [-0.1, -0.05) is 0 Å². The third kappa shape index (κ3) is 4.12. The van der Waals surface area contributed by atoms with Crippen molar-refractivity contribution in [2.75, 3.05) is 17.1 Å². The number of carbonyl (C=O) groups excluding carboxylic acids is 1. The molecule has 0 aliphatic carbocycles. The van der Waals surface area contributed by atoms with Crippen molar-refractivity contribution in [3.8, 4) is 17.1 Å². The molecule has 0 aliphatic rings. The first-order valence-electron chi connectivity index (χ1n) is 8.23. The lowest BCUT2D eigenvalue weighted by Gasteiger charge is -2.13. The molecule has 146 valence electrons. The van der Waals surface area contributed by atoms with Crippen molar-refractivity contribution in [2.45, 2.75) is 11.8 Å². The second-order valence-electron chi connectivity index (χ2n) is 5.99. The fourth-order valence-electron chi connectivity index (χ4n) is 2.59. The van der Waals surface area contributed by atoms with Gasteiger partial charge in [0.05, 0.1) is 17.7 Å². The van der Waals surface area contributed by atoms with E-state index in [-0.39, 0.29) is 16.5 Å². The molecule has 1 amide bonds. The molecule has 10 heteroatoms. The lowest BCUT2D eigenvalue weighted by molar-refractivity contribution is -0.114. The molecule has 0 atom stereocenters. The molecule has 1 heterocycles. The minimum absolute atomic E-state index is 0.00516. The van der Waals surface area contributed by atoms with Crippen molar-refractivity contribution >= 4 is 27.3 Å². The van der Waals surface area contributed by atoms with E-state index in [1.54, 1.807) is 35.2 Å². The van der Waals surface area contributed by atoms with Crippen molar-refractivity contribution in [3.05, 3.63) is 48.8 Å². The monoisotopic (exact) mass is 401 g/mol. The van der Waals surface area contributed by atoms with Crippen LogP contribution in [0.4, 0.5) is 11.4 Å². The van der Waals surface area contributed by atoms with Gasteiger partial charge in [-0.15, -0.1) is 10.2 Å². The first-order chi connectivity index (χ1) is 13.3. The number of hydrogen-bond donors (Lipinski definition) is 2. The van der Waals surface area contributed by atoms with E-state index in [0.717, 1.165) is 5.56 Å². The predicted molar refractivity (Wildman–Crippen MR) is 105 cm³/mol. The van der Waals surface area contributed by atoms with Crippen LogP contribution in [-0.2, 0) is 21.9 Å². The highest BCUT2D eigenvalue weighted by molar-refractivity contribution is 7.92. The Hall–Kier alpha value is -3.40. The summed E-state index contributed by atoms with van der Waals surface area (Å²) in [5.41, 5.74) is 1.47. The molecule has 0 radical (unpaired) electrons. The molecule has 0 saturated heterocycles. The Labute approximate surface area is 162 Å². The Morgan fingerprint density at radius 2 is 1.86 bits per heavy atom. The lowest BCUT2D eigenvalue weighted by atomic mass is 10.2. The SMILES string of the molecule is COc1ccc(S(=O)(=O)Nc2ccc(-c3nncn3C)cc2)cc1NC(C)=O. The maximum absolute atomic E-state index is 12.7. The maximum atomic E-state index is 12.7. The number of nitrogens with one attached hydrogen (secondary N) is 2. The van der Waals surface area contributed by atoms with Crippen LogP contribution < -0.4 is 14.8 Å². The van der Waals surface area contributed by atoms with E-state index >= 15 is 0 Å². The number of aromatic nitrogens is 3. The first kappa shape index (κ1) is 19.4. The van der Waals surface area contributed by atoms with E-state index in [1.165, 1.54) is 32.2 Å². The van der Waals surface area contributed by atoms with Crippen LogP contribution in [-0.4, -0.2) is 36.2 Å². The van der Waals surface area contributed by atoms with Crippen LogP contribution in [0.15, 0.2) is 53.7 Å². The molecular weight excluding hydrogens is 382 g/mol. The molecular formula is C18H19N5O4S. The number of ether oxygens (including phenoxy) is 1. The normalized spacial score (nSPS) is 11.1. The number of amides is 1. The molecule has 0 unspecified atom stereocenters. The number of aryl methyl sites for hydroxylation is 1. The van der Waals surface area contributed by atoms with Gasteiger partial charge in [-0.05, 0) is 42.5 Å². The zero-order valence-electron chi connectivity index (χ0n) is 15.5. The molecule has 0 bridgehead atoms. The third-order valence-corrected chi connectivity index (χ3v) is 5.28. The highest BCUT2D eigenvalue weighted by Gasteiger charge is 2.17. The molecule has 28 heavy (non-hydrogen) atoms. The standard InChI is InChI=1S/C18H19N5O4S/c1-12(24)20-16-10-15(8-9-17(16)27-3)28(25,26)22-14-6-4-13(5-7-14)18-21-19-11-23(18)2/h4-11,22H,1-3H3,(H,20,24). The second kappa shape index (κ2) is 7.69. The average molecular weight is 401 g/mol. The molecule has 1 aromatic heterocycles. The molecule has 9 nitrogen and oxygen atoms in total. The zero-order valence-corrected chi connectivity index (χ0v) is 16.3. The molecule has 0 fully saturated rings. The fourth-order valence-corrected chi connectivity index (χ4v) is 3.67. The lowest BCUT2D eigenvalue weighted by Crippen LogP contribution is -2.14. The number of hydrogen-bond acceptors (Lipinski definition) is 6. The van der Waals surface area contributed by atoms with Crippen LogP contribution in [0.5, 0.6) is 5.75 Å². The molecule has 0 spiro atoms. The summed E-state index contributed by atoms with van der Waals surface area (Å²) in [5.74, 6) is 0.701. The molecule has 3 aromatic rings. The Balaban J connectivity index is 1.85. The van der Waals surface area contributed by atoms with Crippen molar-refractivity contribution < 1.29 is 17.9 Å². The van der Waals surface area contributed by atoms with E-state index in [1.807, 2.05) is 7.05 Å². The van der Waals surface area contributed by atoms with Gasteiger partial charge in [-0.2, -0.15) is 0 Å². The minimum Gasteiger partial charge on any atom is -0.495 e. The van der Waals surface area contributed by atoms with Crippen LogP contribution in [0.25, 0.3) is 11.4 Å². The molecule has 2 aromatic carbocycles. The van der Waals surface area contributed by atoms with E-state index in [2.05, 4.69) is 20.2 Å². The summed E-state index contributed by atoms with van der Waals surface area (Å²) in [5, 5.41) is 10.4. The minimum atomic E-state index is -3.86. The average Bonchev–Trinajstić information content (AvgIpc) is 3.07. The molecule has 0 aliphatic heterocycles. The Kier molecular flexibility index (Phi) is 5.32. The topological polar surface area (TPSA) is 115 Å². The van der Waals surface area contributed by atoms with Gasteiger partial charge in [0.2, 0.25) is 5.91 Å². The Morgan fingerprint density at radius 1 is 1.14 bits per heavy atom. The summed E-state index contributed by atoms with van der Waals surface area (Å²) >= 11 is 0. The number of nitrogens with zero attached hydrogens (tertiary/aromatic N) is 3. The number of sulfonamides is 1. The first-order valence-corrected chi connectivity index (χ1v) is 9.71. The molecule has 3 rings (SSSR count). The number of carbonyl (C=O) groups is 1. The van der Waals surface area contributed by atoms with Gasteiger partial charge < -0.3 is 14.6 Å². The third-order valence-electron chi connectivity index (χ3n) is 3.90. The Morgan fingerprint density at radius 3 is 2.43 bits per heavy atom. The van der Waals surface area contributed by atoms with Gasteiger partial charge in [-0.25, -0.2) is 8.42 Å². The summed E-state index contributed by atoms with van der Waals surface area (Å²) in [6, 6.07) is 11.0. The van der Waals surface area contributed by atoms with E-state index < -0.39 is 10.0 Å². The number of methoxy groups -OCH3 is 1. The maximum Gasteiger partial charge on any atom is 0.261 e. The quantitative estimate of drug-likeness (QED) is 0.655. The van der Waals surface area contributed by atoms with Gasteiger partial charge in [0, 0.05) is 25.2 Å². The van der Waals surface area contributed by atoms with Gasteiger partial charge in [0.1, 0.15) is 12.1 Å². The number of anilines is 2. The van der Waals surface area contributed by atoms with Crippen LogP contribution in [0.3, 0.4) is 0 Å². The highest BCUT2D eigenvalue weighted by atomic mass is 32.2. The largest absolute Gasteiger partial charge is 0.495 e. The Bertz CT molecular complexity index is 1110. The molecule has 2 N–H and O–H groups in total. The second-order valence-corrected chi connectivity index (χ2v) is 7.67. The number of rotatable bonds is 6. The van der Waals surface area contributed by atoms with Crippen LogP contribution in [0, 0.1) is 0 Å². The smallest absolute Gasteiger partial charge is 0.261 e. The van der Waals surface area contributed by atoms with Crippen LogP contribution >= 0.6 is 0 Å². The summed E-state index contributed by atoms with van der Waals surface area (Å²) < 4.78 is 34.9. The number of benzene rings is 2. The summed E-state index contributed by atoms with van der Waals surface area (Å²) in [6.45, 7) is 1.33. The van der Waals surface area contributed by atoms with Crippen LogP contribution in [0.2, 0.25) is 0 Å². The molecule has 0 saturated carbocycles. The fraction of sp³-hybridized carbons (Fsp3) is 0.167. The summed E-state index contributed by atoms with van der Waals surface area (Å²) in [7, 11) is -0.603. The summed E-state index contributed by atoms with van der Waals surface area (Å²) in [6.07, 6.45) is 1.59. The summed E-state index contributed by atoms with van der Waals surface area (Å²) in [4.78, 5) is 11.3. The van der Waals surface area contributed by atoms with Crippen molar-refractivity contribution in [2.24, 2.45) is 7.05 Å². The van der Waals surface area contributed by atoms with E-state index in [4.69, 9.17) is 4.74 Å². The van der Waals surface area contributed by atoms with Crippen LogP contribution in [0.1, 0.15) is 6.92 Å². The van der Waals surface area contributed by atoms with Gasteiger partial charge in [0.25, 0.3) is 10.0 Å². The van der Waals surface area contributed by atoms with Crippen molar-refractivity contribution in [1.82, 2.24) is 14.8 Å². The van der Waals surface area contributed by atoms with Gasteiger partial charge in [0.15, 0.2) is 5.82 Å². The van der Waals surface area contributed by atoms with Gasteiger partial charge in [-0.3, -0.25) is 9.52 Å². The van der Waals surface area contributed by atoms with E-state index in [9.17, 15) is 13.2 Å². The van der Waals surface area contributed by atoms with Gasteiger partial charge >= 0.3 is 0 Å². The van der Waals surface area contributed by atoms with Crippen molar-refractivity contribution in [3.63, 3.8) is 0 Å². The van der Waals surface area contributed by atoms with E-state index in [0.29, 0.717) is 17.3 Å². The highest BCUT2D eigenvalue weighted by Crippen LogP contribution is 2.29. The predicted octanol–water partition coefficient (Wildman–Crippen LogP) is 2.25. The zero-order chi connectivity index (χ0) is 20.3. The van der Waals surface area contributed by atoms with Crippen molar-refractivity contribution in [1.29, 1.82) is 0 Å².